The lowest BCUT2D eigenvalue weighted by atomic mass is 10.1. The van der Waals surface area contributed by atoms with Crippen LogP contribution in [0.4, 0.5) is 5.88 Å². The van der Waals surface area contributed by atoms with Crippen LogP contribution in [0.2, 0.25) is 0 Å². The molecule has 0 radical (unpaired) electrons. The Hall–Kier alpha value is -3.35. The molecular formula is C15H9NO6. The summed E-state index contributed by atoms with van der Waals surface area (Å²) in [6.07, 6.45) is 3.09. The fraction of sp³-hybridized carbons (Fsp3) is 0. The van der Waals surface area contributed by atoms with Gasteiger partial charge in [0.2, 0.25) is 0 Å². The zero-order valence-electron chi connectivity index (χ0n) is 11.1. The van der Waals surface area contributed by atoms with Gasteiger partial charge in [0.1, 0.15) is 22.0 Å². The summed E-state index contributed by atoms with van der Waals surface area (Å²) in [6, 6.07) is 8.40. The first-order valence-electron chi connectivity index (χ1n) is 6.22. The van der Waals surface area contributed by atoms with Crippen LogP contribution in [0.3, 0.4) is 0 Å². The minimum Gasteiger partial charge on any atom is -0.508 e. The zero-order chi connectivity index (χ0) is 15.7. The minimum absolute atomic E-state index is 0.0153. The summed E-state index contributed by atoms with van der Waals surface area (Å²) in [5, 5.41) is 20.6. The van der Waals surface area contributed by atoms with E-state index >= 15 is 0 Å². The van der Waals surface area contributed by atoms with Crippen molar-refractivity contribution in [1.82, 2.24) is 0 Å². The number of furan rings is 1. The normalized spacial score (nSPS) is 11.3. The van der Waals surface area contributed by atoms with Crippen LogP contribution in [-0.2, 0) is 0 Å². The highest BCUT2D eigenvalue weighted by Gasteiger charge is 2.10. The monoisotopic (exact) mass is 299 g/mol. The Bertz CT molecular complexity index is 950. The number of hydrogen-bond donors (Lipinski definition) is 1. The number of fused-ring (bicyclic) bond motifs is 1. The summed E-state index contributed by atoms with van der Waals surface area (Å²) in [7, 11) is 0. The highest BCUT2D eigenvalue weighted by Crippen LogP contribution is 2.24. The van der Waals surface area contributed by atoms with Gasteiger partial charge < -0.3 is 13.9 Å². The molecule has 1 N–H and O–H groups in total. The average molecular weight is 299 g/mol. The molecule has 22 heavy (non-hydrogen) atoms. The quantitative estimate of drug-likeness (QED) is 0.452. The summed E-state index contributed by atoms with van der Waals surface area (Å²) >= 11 is 0. The predicted molar refractivity (Wildman–Crippen MR) is 78.4 cm³/mol. The van der Waals surface area contributed by atoms with Crippen molar-refractivity contribution >= 4 is 29.0 Å². The van der Waals surface area contributed by atoms with Crippen LogP contribution >= 0.6 is 0 Å². The Morgan fingerprint density at radius 2 is 1.91 bits per heavy atom. The minimum atomic E-state index is -0.632. The lowest BCUT2D eigenvalue weighted by Crippen LogP contribution is -1.97. The Morgan fingerprint density at radius 1 is 1.09 bits per heavy atom. The molecule has 7 heteroatoms. The predicted octanol–water partition coefficient (Wildman–Crippen LogP) is 3.17. The number of aromatic hydroxyl groups is 1. The first-order valence-corrected chi connectivity index (χ1v) is 6.22. The van der Waals surface area contributed by atoms with E-state index in [0.717, 1.165) is 0 Å². The average Bonchev–Trinajstić information content (AvgIpc) is 2.93. The van der Waals surface area contributed by atoms with Crippen LogP contribution in [-0.4, -0.2) is 10.0 Å². The summed E-state index contributed by atoms with van der Waals surface area (Å²) in [5.74, 6) is -0.0904. The molecule has 1 aromatic carbocycles. The third-order valence-corrected chi connectivity index (χ3v) is 2.98. The van der Waals surface area contributed by atoms with E-state index < -0.39 is 10.5 Å². The van der Waals surface area contributed by atoms with Crippen LogP contribution in [0.25, 0.3) is 23.1 Å². The van der Waals surface area contributed by atoms with Crippen molar-refractivity contribution in [1.29, 1.82) is 0 Å². The SMILES string of the molecule is O=c1cc(/C=C/c2ccc([N+](=O)[O-])o2)c2ccc(O)cc2o1. The molecule has 7 nitrogen and oxygen atoms in total. The van der Waals surface area contributed by atoms with E-state index in [0.29, 0.717) is 10.9 Å². The molecule has 0 bridgehead atoms. The molecule has 0 aliphatic heterocycles. The summed E-state index contributed by atoms with van der Waals surface area (Å²) in [5.41, 5.74) is 0.228. The van der Waals surface area contributed by atoms with Crippen molar-refractivity contribution in [2.24, 2.45) is 0 Å². The van der Waals surface area contributed by atoms with Gasteiger partial charge in [-0.3, -0.25) is 10.1 Å². The van der Waals surface area contributed by atoms with E-state index in [4.69, 9.17) is 8.83 Å². The molecule has 0 aliphatic rings. The van der Waals surface area contributed by atoms with E-state index in [2.05, 4.69) is 0 Å². The highest BCUT2D eigenvalue weighted by atomic mass is 16.6. The lowest BCUT2D eigenvalue weighted by molar-refractivity contribution is -0.402. The molecule has 110 valence electrons. The van der Waals surface area contributed by atoms with Gasteiger partial charge in [0, 0.05) is 17.5 Å². The van der Waals surface area contributed by atoms with E-state index in [1.54, 1.807) is 12.1 Å². The summed E-state index contributed by atoms with van der Waals surface area (Å²) in [6.45, 7) is 0. The largest absolute Gasteiger partial charge is 0.508 e. The second-order valence-corrected chi connectivity index (χ2v) is 4.47. The third kappa shape index (κ3) is 2.59. The van der Waals surface area contributed by atoms with Gasteiger partial charge in [0.05, 0.1) is 6.07 Å². The molecule has 3 aromatic rings. The maximum absolute atomic E-state index is 11.5. The van der Waals surface area contributed by atoms with Crippen molar-refractivity contribution in [3.8, 4) is 5.75 Å². The molecule has 0 saturated heterocycles. The Morgan fingerprint density at radius 3 is 2.64 bits per heavy atom. The molecule has 2 aromatic heterocycles. The number of phenolic OH excluding ortho intramolecular Hbond substituents is 1. The maximum Gasteiger partial charge on any atom is 0.433 e. The molecule has 0 atom stereocenters. The summed E-state index contributed by atoms with van der Waals surface area (Å²) < 4.78 is 10.0. The maximum atomic E-state index is 11.5. The molecule has 0 saturated carbocycles. The van der Waals surface area contributed by atoms with Gasteiger partial charge in [-0.05, 0) is 29.8 Å². The van der Waals surface area contributed by atoms with E-state index in [1.165, 1.54) is 36.4 Å². The van der Waals surface area contributed by atoms with Crippen molar-refractivity contribution in [2.75, 3.05) is 0 Å². The van der Waals surface area contributed by atoms with Gasteiger partial charge in [0.15, 0.2) is 0 Å². The molecule has 3 rings (SSSR count). The molecular weight excluding hydrogens is 290 g/mol. The van der Waals surface area contributed by atoms with E-state index in [9.17, 15) is 20.0 Å². The van der Waals surface area contributed by atoms with Gasteiger partial charge in [-0.2, -0.15) is 0 Å². The zero-order valence-corrected chi connectivity index (χ0v) is 11.1. The van der Waals surface area contributed by atoms with Crippen molar-refractivity contribution in [3.05, 3.63) is 68.3 Å². The first kappa shape index (κ1) is 13.6. The van der Waals surface area contributed by atoms with Gasteiger partial charge in [-0.25, -0.2) is 4.79 Å². The third-order valence-electron chi connectivity index (χ3n) is 2.98. The van der Waals surface area contributed by atoms with E-state index in [1.807, 2.05) is 0 Å². The van der Waals surface area contributed by atoms with E-state index in [-0.39, 0.29) is 23.0 Å². The van der Waals surface area contributed by atoms with Gasteiger partial charge in [-0.15, -0.1) is 0 Å². The van der Waals surface area contributed by atoms with Crippen LogP contribution in [0.15, 0.2) is 50.0 Å². The second-order valence-electron chi connectivity index (χ2n) is 4.47. The lowest BCUT2D eigenvalue weighted by Gasteiger charge is -2.01. The van der Waals surface area contributed by atoms with Crippen LogP contribution < -0.4 is 5.63 Å². The number of nitrogens with zero attached hydrogens (tertiary/aromatic N) is 1. The topological polar surface area (TPSA) is 107 Å². The molecule has 2 heterocycles. The second kappa shape index (κ2) is 5.21. The van der Waals surface area contributed by atoms with Crippen LogP contribution in [0.1, 0.15) is 11.3 Å². The number of nitro groups is 1. The highest BCUT2D eigenvalue weighted by molar-refractivity contribution is 5.89. The van der Waals surface area contributed by atoms with Crippen LogP contribution in [0.5, 0.6) is 5.75 Å². The molecule has 0 amide bonds. The van der Waals surface area contributed by atoms with Crippen LogP contribution in [0, 0.1) is 10.1 Å². The van der Waals surface area contributed by atoms with Crippen molar-refractivity contribution in [2.45, 2.75) is 0 Å². The number of benzene rings is 1. The smallest absolute Gasteiger partial charge is 0.433 e. The van der Waals surface area contributed by atoms with Gasteiger partial charge in [0.25, 0.3) is 0 Å². The van der Waals surface area contributed by atoms with Crippen molar-refractivity contribution in [3.63, 3.8) is 0 Å². The molecule has 0 fully saturated rings. The number of phenols is 1. The Kier molecular flexibility index (Phi) is 3.23. The molecule has 0 unspecified atom stereocenters. The van der Waals surface area contributed by atoms with Crippen molar-refractivity contribution < 1.29 is 18.9 Å². The standard InChI is InChI=1S/C15H9NO6/c17-10-2-5-12-9(7-15(18)22-13(12)8-10)1-3-11-4-6-14(21-11)16(19)20/h1-8,17H/b3-1+. The van der Waals surface area contributed by atoms with Gasteiger partial charge >= 0.3 is 11.5 Å². The Labute approximate surface area is 122 Å². The number of rotatable bonds is 3. The fourth-order valence-electron chi connectivity index (χ4n) is 2.02. The molecule has 0 spiro atoms. The first-order chi connectivity index (χ1) is 10.5. The summed E-state index contributed by atoms with van der Waals surface area (Å²) in [4.78, 5) is 21.4. The van der Waals surface area contributed by atoms with Gasteiger partial charge in [-0.1, -0.05) is 6.08 Å². The number of hydrogen-bond acceptors (Lipinski definition) is 6. The Balaban J connectivity index is 2.04. The molecule has 0 aliphatic carbocycles. The fourth-order valence-corrected chi connectivity index (χ4v) is 2.02.